The highest BCUT2D eigenvalue weighted by atomic mass is 35.5. The molecule has 6 heteroatoms. The molecule has 0 saturated carbocycles. The van der Waals surface area contributed by atoms with E-state index in [-0.39, 0.29) is 23.4 Å². The van der Waals surface area contributed by atoms with Gasteiger partial charge < -0.3 is 10.2 Å². The molecule has 1 aromatic heterocycles. The summed E-state index contributed by atoms with van der Waals surface area (Å²) in [6.07, 6.45) is 8.01. The topological polar surface area (TPSA) is 58.1 Å². The average Bonchev–Trinajstić information content (AvgIpc) is 3.37. The van der Waals surface area contributed by atoms with Crippen LogP contribution in [0.2, 0.25) is 5.02 Å². The van der Waals surface area contributed by atoms with E-state index in [9.17, 15) is 4.79 Å². The number of nitrogens with one attached hydrogen (secondary N) is 1. The van der Waals surface area contributed by atoms with E-state index in [1.807, 2.05) is 24.3 Å². The first-order chi connectivity index (χ1) is 15.8. The number of hydrogen-bond acceptors (Lipinski definition) is 4. The third-order valence-corrected chi connectivity index (χ3v) is 8.30. The molecule has 0 radical (unpaired) electrons. The Morgan fingerprint density at radius 1 is 1.12 bits per heavy atom. The fourth-order valence-electron chi connectivity index (χ4n) is 6.21. The fraction of sp³-hybridized carbons (Fsp3) is 0.593. The Hall–Kier alpha value is -1.98. The number of rotatable bonds is 4. The highest BCUT2D eigenvalue weighted by Crippen LogP contribution is 2.40. The third-order valence-electron chi connectivity index (χ3n) is 8.05. The number of aryl methyl sites for hydroxylation is 1. The molecule has 2 fully saturated rings. The number of fused-ring (bicyclic) bond motifs is 1. The summed E-state index contributed by atoms with van der Waals surface area (Å²) in [5, 5.41) is 4.44. The van der Waals surface area contributed by atoms with Crippen molar-refractivity contribution in [3.63, 3.8) is 0 Å². The van der Waals surface area contributed by atoms with Crippen LogP contribution >= 0.6 is 11.6 Å². The smallest absolute Gasteiger partial charge is 0.231 e. The lowest BCUT2D eigenvalue weighted by atomic mass is 9.85. The van der Waals surface area contributed by atoms with Gasteiger partial charge in [0.25, 0.3) is 0 Å². The molecule has 1 aliphatic carbocycles. The second-order valence-corrected chi connectivity index (χ2v) is 11.3. The van der Waals surface area contributed by atoms with Gasteiger partial charge in [-0.2, -0.15) is 0 Å². The maximum absolute atomic E-state index is 13.9. The highest BCUT2D eigenvalue weighted by molar-refractivity contribution is 6.30. The number of carbonyl (C=O) groups is 1. The summed E-state index contributed by atoms with van der Waals surface area (Å²) in [6, 6.07) is 8.00. The molecule has 1 aromatic carbocycles. The molecular formula is C27H35ClN4O. The van der Waals surface area contributed by atoms with E-state index in [0.717, 1.165) is 50.8 Å². The molecule has 0 spiro atoms. The van der Waals surface area contributed by atoms with Crippen molar-refractivity contribution >= 4 is 17.5 Å². The summed E-state index contributed by atoms with van der Waals surface area (Å²) in [4.78, 5) is 25.2. The van der Waals surface area contributed by atoms with Crippen molar-refractivity contribution in [2.45, 2.75) is 88.6 Å². The molecule has 5 nitrogen and oxygen atoms in total. The van der Waals surface area contributed by atoms with Crippen LogP contribution in [-0.2, 0) is 11.2 Å². The van der Waals surface area contributed by atoms with Crippen molar-refractivity contribution in [2.75, 3.05) is 13.1 Å². The molecule has 0 bridgehead atoms. The summed E-state index contributed by atoms with van der Waals surface area (Å²) in [5.41, 5.74) is 4.99. The minimum Gasteiger partial charge on any atom is -0.342 e. The van der Waals surface area contributed by atoms with Gasteiger partial charge in [0.1, 0.15) is 6.33 Å². The number of hydrogen-bond donors (Lipinski definition) is 1. The zero-order chi connectivity index (χ0) is 23.2. The van der Waals surface area contributed by atoms with E-state index in [2.05, 4.69) is 36.0 Å². The molecule has 33 heavy (non-hydrogen) atoms. The van der Waals surface area contributed by atoms with E-state index < -0.39 is 0 Å². The number of amides is 1. The standard InChI is InChI=1S/C27H35ClN4O/c1-17-4-9-21-23(17)25(30-16-29-21)19-11-14-32(15-12-19)26(33)24(18-5-7-20(28)8-6-18)22-10-13-27(2,3)31-22/h5-8,16-17,19,22,24,31H,4,9-15H2,1-3H3. The van der Waals surface area contributed by atoms with Gasteiger partial charge >= 0.3 is 0 Å². The molecule has 3 heterocycles. The van der Waals surface area contributed by atoms with Crippen molar-refractivity contribution in [2.24, 2.45) is 0 Å². The van der Waals surface area contributed by atoms with Gasteiger partial charge in [-0.1, -0.05) is 30.7 Å². The lowest BCUT2D eigenvalue weighted by Gasteiger charge is -2.36. The van der Waals surface area contributed by atoms with Crippen LogP contribution in [0.4, 0.5) is 0 Å². The van der Waals surface area contributed by atoms with E-state index in [1.54, 1.807) is 6.33 Å². The molecule has 2 aromatic rings. The number of aromatic nitrogens is 2. The van der Waals surface area contributed by atoms with Crippen LogP contribution in [0.1, 0.15) is 93.1 Å². The van der Waals surface area contributed by atoms with Crippen LogP contribution in [-0.4, -0.2) is 45.4 Å². The second-order valence-electron chi connectivity index (χ2n) is 10.9. The summed E-state index contributed by atoms with van der Waals surface area (Å²) < 4.78 is 0. The first-order valence-corrected chi connectivity index (χ1v) is 12.9. The number of nitrogens with zero attached hydrogens (tertiary/aromatic N) is 3. The summed E-state index contributed by atoms with van der Waals surface area (Å²) in [5.74, 6) is 1.03. The van der Waals surface area contributed by atoms with Gasteiger partial charge in [0, 0.05) is 41.3 Å². The van der Waals surface area contributed by atoms with Crippen molar-refractivity contribution in [3.05, 3.63) is 58.1 Å². The lowest BCUT2D eigenvalue weighted by molar-refractivity contribution is -0.134. The molecule has 176 valence electrons. The Morgan fingerprint density at radius 2 is 1.85 bits per heavy atom. The van der Waals surface area contributed by atoms with E-state index >= 15 is 0 Å². The Bertz CT molecular complexity index is 1010. The number of piperidine rings is 1. The van der Waals surface area contributed by atoms with Gasteiger partial charge in [0.2, 0.25) is 5.91 Å². The maximum atomic E-state index is 13.9. The SMILES string of the molecule is CC1CCc2ncnc(C3CCN(C(=O)C(c4ccc(Cl)cc4)C4CCC(C)(C)N4)CC3)c21. The second kappa shape index (κ2) is 8.99. The summed E-state index contributed by atoms with van der Waals surface area (Å²) in [6.45, 7) is 8.32. The van der Waals surface area contributed by atoms with Crippen LogP contribution in [0.25, 0.3) is 0 Å². The van der Waals surface area contributed by atoms with Crippen LogP contribution in [0.15, 0.2) is 30.6 Å². The normalized spacial score (nSPS) is 25.8. The van der Waals surface area contributed by atoms with Crippen LogP contribution in [0, 0.1) is 0 Å². The Balaban J connectivity index is 1.33. The van der Waals surface area contributed by atoms with Gasteiger partial charge in [-0.25, -0.2) is 9.97 Å². The minimum atomic E-state index is -0.177. The van der Waals surface area contributed by atoms with E-state index in [0.29, 0.717) is 16.9 Å². The molecule has 1 N–H and O–H groups in total. The fourth-order valence-corrected chi connectivity index (χ4v) is 6.33. The Morgan fingerprint density at radius 3 is 2.52 bits per heavy atom. The predicted octanol–water partition coefficient (Wildman–Crippen LogP) is 5.20. The van der Waals surface area contributed by atoms with E-state index in [4.69, 9.17) is 16.6 Å². The molecule has 3 atom stereocenters. The zero-order valence-corrected chi connectivity index (χ0v) is 20.7. The first-order valence-electron chi connectivity index (χ1n) is 12.5. The molecule has 3 aliphatic rings. The van der Waals surface area contributed by atoms with Crippen LogP contribution in [0.5, 0.6) is 0 Å². The number of likely N-dealkylation sites (tertiary alicyclic amines) is 1. The number of carbonyl (C=O) groups excluding carboxylic acids is 1. The van der Waals surface area contributed by atoms with E-state index in [1.165, 1.54) is 23.4 Å². The molecule has 1 amide bonds. The Labute approximate surface area is 202 Å². The molecule has 5 rings (SSSR count). The predicted molar refractivity (Wildman–Crippen MR) is 132 cm³/mol. The largest absolute Gasteiger partial charge is 0.342 e. The van der Waals surface area contributed by atoms with Crippen molar-refractivity contribution in [3.8, 4) is 0 Å². The number of benzene rings is 1. The average molecular weight is 467 g/mol. The van der Waals surface area contributed by atoms with Crippen LogP contribution in [0.3, 0.4) is 0 Å². The van der Waals surface area contributed by atoms with Crippen molar-refractivity contribution < 1.29 is 4.79 Å². The van der Waals surface area contributed by atoms with Crippen molar-refractivity contribution in [1.82, 2.24) is 20.2 Å². The van der Waals surface area contributed by atoms with Crippen LogP contribution < -0.4 is 5.32 Å². The monoisotopic (exact) mass is 466 g/mol. The Kier molecular flexibility index (Phi) is 6.21. The quantitative estimate of drug-likeness (QED) is 0.672. The third kappa shape index (κ3) is 4.54. The van der Waals surface area contributed by atoms with Gasteiger partial charge in [-0.3, -0.25) is 4.79 Å². The van der Waals surface area contributed by atoms with Gasteiger partial charge in [-0.15, -0.1) is 0 Å². The number of halogens is 1. The van der Waals surface area contributed by atoms with Crippen molar-refractivity contribution in [1.29, 1.82) is 0 Å². The molecule has 2 saturated heterocycles. The lowest BCUT2D eigenvalue weighted by Crippen LogP contribution is -2.48. The molecule has 3 unspecified atom stereocenters. The maximum Gasteiger partial charge on any atom is 0.231 e. The van der Waals surface area contributed by atoms with Gasteiger partial charge in [0.05, 0.1) is 11.6 Å². The highest BCUT2D eigenvalue weighted by Gasteiger charge is 2.41. The van der Waals surface area contributed by atoms with Gasteiger partial charge in [-0.05, 0) is 81.5 Å². The van der Waals surface area contributed by atoms with Gasteiger partial charge in [0.15, 0.2) is 0 Å². The molecule has 2 aliphatic heterocycles. The first kappa shape index (κ1) is 22.8. The summed E-state index contributed by atoms with van der Waals surface area (Å²) >= 11 is 6.15. The molecular weight excluding hydrogens is 432 g/mol. The zero-order valence-electron chi connectivity index (χ0n) is 20.0. The summed E-state index contributed by atoms with van der Waals surface area (Å²) in [7, 11) is 0. The minimum absolute atomic E-state index is 0.0622.